The van der Waals surface area contributed by atoms with Gasteiger partial charge in [-0.15, -0.1) is 11.3 Å². The zero-order valence-electron chi connectivity index (χ0n) is 14.4. The van der Waals surface area contributed by atoms with Crippen molar-refractivity contribution in [3.05, 3.63) is 45.4 Å². The third kappa shape index (κ3) is 4.55. The molecule has 0 aliphatic carbocycles. The summed E-state index contributed by atoms with van der Waals surface area (Å²) in [4.78, 5) is 16.8. The summed E-state index contributed by atoms with van der Waals surface area (Å²) in [6.45, 7) is 0.394. The van der Waals surface area contributed by atoms with Crippen molar-refractivity contribution >= 4 is 28.8 Å². The van der Waals surface area contributed by atoms with Gasteiger partial charge in [-0.25, -0.2) is 4.98 Å². The predicted octanol–water partition coefficient (Wildman–Crippen LogP) is 3.32. The molecule has 0 saturated carbocycles. The Hall–Kier alpha value is -1.63. The number of amides is 1. The lowest BCUT2D eigenvalue weighted by atomic mass is 9.99. The Balaban J connectivity index is 1.25. The van der Waals surface area contributed by atoms with Crippen LogP contribution in [0.15, 0.2) is 29.6 Å². The molecule has 7 heteroatoms. The Bertz CT molecular complexity index is 752. The SMILES string of the molecule is O=C(Cc1csc(COc2ccc(Cl)cc2)n1)NC1CC2CCC(C1)N2. The van der Waals surface area contributed by atoms with E-state index in [4.69, 9.17) is 16.3 Å². The normalized spacial score (nSPS) is 24.4. The quantitative estimate of drug-likeness (QED) is 0.792. The molecular weight excluding hydrogens is 370 g/mol. The van der Waals surface area contributed by atoms with E-state index in [0.717, 1.165) is 29.3 Å². The van der Waals surface area contributed by atoms with Crippen molar-refractivity contribution < 1.29 is 9.53 Å². The molecule has 2 aromatic rings. The number of nitrogens with one attached hydrogen (secondary N) is 2. The minimum Gasteiger partial charge on any atom is -0.486 e. The molecule has 2 saturated heterocycles. The monoisotopic (exact) mass is 391 g/mol. The molecule has 2 aliphatic heterocycles. The number of thiazole rings is 1. The Morgan fingerprint density at radius 2 is 2.00 bits per heavy atom. The number of halogens is 1. The summed E-state index contributed by atoms with van der Waals surface area (Å²) in [5.41, 5.74) is 0.805. The van der Waals surface area contributed by atoms with Crippen molar-refractivity contribution in [2.75, 3.05) is 0 Å². The number of rotatable bonds is 6. The van der Waals surface area contributed by atoms with Gasteiger partial charge in [0.05, 0.1) is 12.1 Å². The van der Waals surface area contributed by atoms with Gasteiger partial charge in [-0.3, -0.25) is 4.79 Å². The van der Waals surface area contributed by atoms with Crippen molar-refractivity contribution in [1.82, 2.24) is 15.6 Å². The van der Waals surface area contributed by atoms with Gasteiger partial charge in [0.25, 0.3) is 0 Å². The summed E-state index contributed by atoms with van der Waals surface area (Å²) in [5.74, 6) is 0.816. The first-order valence-corrected chi connectivity index (χ1v) is 10.3. The maximum absolute atomic E-state index is 12.3. The van der Waals surface area contributed by atoms with Gasteiger partial charge in [0.15, 0.2) is 0 Å². The van der Waals surface area contributed by atoms with E-state index in [-0.39, 0.29) is 5.91 Å². The van der Waals surface area contributed by atoms with Crippen LogP contribution in [0.25, 0.3) is 0 Å². The summed E-state index contributed by atoms with van der Waals surface area (Å²) in [7, 11) is 0. The standard InChI is InChI=1S/C19H22ClN3O2S/c20-12-1-5-17(6-2-12)25-10-19-23-16(11-26-19)9-18(24)22-15-7-13-3-4-14(8-15)21-13/h1-2,5-6,11,13-15,21H,3-4,7-10H2,(H,22,24). The molecule has 138 valence electrons. The van der Waals surface area contributed by atoms with Crippen molar-refractivity contribution in [3.63, 3.8) is 0 Å². The van der Waals surface area contributed by atoms with Crippen molar-refractivity contribution in [3.8, 4) is 5.75 Å². The molecule has 2 atom stereocenters. The van der Waals surface area contributed by atoms with Gasteiger partial charge in [0, 0.05) is 28.5 Å². The number of hydrogen-bond acceptors (Lipinski definition) is 5. The molecule has 2 aliphatic rings. The number of benzene rings is 1. The third-order valence-corrected chi connectivity index (χ3v) is 6.08. The Morgan fingerprint density at radius 1 is 1.27 bits per heavy atom. The maximum atomic E-state index is 12.3. The first kappa shape index (κ1) is 17.8. The van der Waals surface area contributed by atoms with Gasteiger partial charge < -0.3 is 15.4 Å². The topological polar surface area (TPSA) is 63.2 Å². The average Bonchev–Trinajstić information content (AvgIpc) is 3.20. The summed E-state index contributed by atoms with van der Waals surface area (Å²) in [5, 5.41) is 10.3. The van der Waals surface area contributed by atoms with Crippen molar-refractivity contribution in [2.45, 2.75) is 56.8 Å². The summed E-state index contributed by atoms with van der Waals surface area (Å²) < 4.78 is 5.70. The number of aromatic nitrogens is 1. The number of nitrogens with zero attached hydrogens (tertiary/aromatic N) is 1. The molecule has 2 fully saturated rings. The fourth-order valence-electron chi connectivity index (χ4n) is 3.79. The summed E-state index contributed by atoms with van der Waals surface area (Å²) in [6.07, 6.45) is 4.88. The Labute approximate surface area is 162 Å². The second kappa shape index (κ2) is 7.94. The average molecular weight is 392 g/mol. The molecule has 26 heavy (non-hydrogen) atoms. The first-order chi connectivity index (χ1) is 12.6. The molecule has 1 aromatic carbocycles. The number of ether oxygens (including phenoxy) is 1. The summed E-state index contributed by atoms with van der Waals surface area (Å²) in [6, 6.07) is 8.70. The molecule has 4 rings (SSSR count). The first-order valence-electron chi connectivity index (χ1n) is 9.01. The predicted molar refractivity (Wildman–Crippen MR) is 103 cm³/mol. The van der Waals surface area contributed by atoms with Gasteiger partial charge >= 0.3 is 0 Å². The molecule has 2 N–H and O–H groups in total. The number of carbonyl (C=O) groups excluding carboxylic acids is 1. The highest BCUT2D eigenvalue weighted by Crippen LogP contribution is 2.26. The van der Waals surface area contributed by atoms with Crippen LogP contribution in [0.2, 0.25) is 5.02 Å². The largest absolute Gasteiger partial charge is 0.486 e. The lowest BCUT2D eigenvalue weighted by Gasteiger charge is -2.29. The molecule has 2 unspecified atom stereocenters. The Kier molecular flexibility index (Phi) is 5.43. The van der Waals surface area contributed by atoms with Crippen molar-refractivity contribution in [1.29, 1.82) is 0 Å². The van der Waals surface area contributed by atoms with Crippen LogP contribution in [0.4, 0.5) is 0 Å². The van der Waals surface area contributed by atoms with Crippen molar-refractivity contribution in [2.24, 2.45) is 0 Å². The van der Waals surface area contributed by atoms with E-state index in [1.165, 1.54) is 24.2 Å². The second-order valence-electron chi connectivity index (χ2n) is 7.03. The number of hydrogen-bond donors (Lipinski definition) is 2. The van der Waals surface area contributed by atoms with Gasteiger partial charge in [0.1, 0.15) is 17.4 Å². The number of carbonyl (C=O) groups is 1. The van der Waals surface area contributed by atoms with Gasteiger partial charge in [-0.2, -0.15) is 0 Å². The number of fused-ring (bicyclic) bond motifs is 2. The van der Waals surface area contributed by atoms with E-state index in [0.29, 0.717) is 36.2 Å². The molecule has 2 bridgehead atoms. The van der Waals surface area contributed by atoms with Gasteiger partial charge in [-0.05, 0) is 49.9 Å². The lowest BCUT2D eigenvalue weighted by molar-refractivity contribution is -0.121. The smallest absolute Gasteiger partial charge is 0.226 e. The van der Waals surface area contributed by atoms with Crippen LogP contribution in [0.3, 0.4) is 0 Å². The van der Waals surface area contributed by atoms with E-state index in [1.54, 1.807) is 12.1 Å². The van der Waals surface area contributed by atoms with Crippen LogP contribution in [0.1, 0.15) is 36.4 Å². The Morgan fingerprint density at radius 3 is 2.73 bits per heavy atom. The van der Waals surface area contributed by atoms with E-state index in [9.17, 15) is 4.79 Å². The van der Waals surface area contributed by atoms with Gasteiger partial charge in [-0.1, -0.05) is 11.6 Å². The molecule has 5 nitrogen and oxygen atoms in total. The minimum absolute atomic E-state index is 0.0618. The third-order valence-electron chi connectivity index (χ3n) is 4.96. The fraction of sp³-hybridized carbons (Fsp3) is 0.474. The molecule has 0 spiro atoms. The molecule has 0 radical (unpaired) electrons. The van der Waals surface area contributed by atoms with Crippen LogP contribution in [-0.2, 0) is 17.8 Å². The minimum atomic E-state index is 0.0618. The fourth-order valence-corrected chi connectivity index (χ4v) is 4.62. The maximum Gasteiger partial charge on any atom is 0.226 e. The molecule has 3 heterocycles. The van der Waals surface area contributed by atoms with E-state index >= 15 is 0 Å². The van der Waals surface area contributed by atoms with Crippen LogP contribution in [0, 0.1) is 0 Å². The highest BCUT2D eigenvalue weighted by Gasteiger charge is 2.33. The van der Waals surface area contributed by atoms with E-state index in [2.05, 4.69) is 15.6 Å². The molecule has 1 amide bonds. The lowest BCUT2D eigenvalue weighted by Crippen LogP contribution is -2.48. The zero-order chi connectivity index (χ0) is 17.9. The van der Waals surface area contributed by atoms with E-state index in [1.807, 2.05) is 17.5 Å². The molecule has 1 aromatic heterocycles. The second-order valence-corrected chi connectivity index (χ2v) is 8.40. The summed E-state index contributed by atoms with van der Waals surface area (Å²) >= 11 is 7.38. The van der Waals surface area contributed by atoms with Crippen LogP contribution in [-0.4, -0.2) is 29.0 Å². The number of piperidine rings is 1. The highest BCUT2D eigenvalue weighted by molar-refractivity contribution is 7.09. The van der Waals surface area contributed by atoms with E-state index < -0.39 is 0 Å². The van der Waals surface area contributed by atoms with Crippen LogP contribution < -0.4 is 15.4 Å². The van der Waals surface area contributed by atoms with Crippen LogP contribution in [0.5, 0.6) is 5.75 Å². The van der Waals surface area contributed by atoms with Crippen LogP contribution >= 0.6 is 22.9 Å². The highest BCUT2D eigenvalue weighted by atomic mass is 35.5. The molecular formula is C19H22ClN3O2S. The van der Waals surface area contributed by atoms with Gasteiger partial charge in [0.2, 0.25) is 5.91 Å². The zero-order valence-corrected chi connectivity index (χ0v) is 16.0.